The molecule has 0 aromatic heterocycles. The summed E-state index contributed by atoms with van der Waals surface area (Å²) >= 11 is 0. The lowest BCUT2D eigenvalue weighted by atomic mass is 9.46. The number of aliphatic hydroxyl groups is 2. The first kappa shape index (κ1) is 21.1. The van der Waals surface area contributed by atoms with Gasteiger partial charge in [-0.2, -0.15) is 0 Å². The van der Waals surface area contributed by atoms with Crippen LogP contribution in [0.4, 0.5) is 0 Å². The molecule has 4 heteroatoms. The van der Waals surface area contributed by atoms with Crippen LogP contribution in [0.15, 0.2) is 11.6 Å². The van der Waals surface area contributed by atoms with Crippen molar-refractivity contribution in [2.24, 2.45) is 46.3 Å². The molecule has 12 atom stereocenters. The second kappa shape index (κ2) is 6.81. The third kappa shape index (κ3) is 2.68. The Hall–Kier alpha value is -0.420. The van der Waals surface area contributed by atoms with Gasteiger partial charge in [-0.05, 0) is 91.8 Å². The Morgan fingerprint density at radius 3 is 2.65 bits per heavy atom. The van der Waals surface area contributed by atoms with Crippen LogP contribution in [0.2, 0.25) is 0 Å². The van der Waals surface area contributed by atoms with Crippen molar-refractivity contribution in [2.75, 3.05) is 6.54 Å². The maximum atomic E-state index is 11.1. The predicted octanol–water partition coefficient (Wildman–Crippen LogP) is 4.26. The molecule has 0 unspecified atom stereocenters. The first-order chi connectivity index (χ1) is 14.7. The highest BCUT2D eigenvalue weighted by Gasteiger charge is 2.69. The van der Waals surface area contributed by atoms with E-state index in [0.29, 0.717) is 28.6 Å². The molecule has 4 aliphatic carbocycles. The molecule has 2 saturated heterocycles. The molecule has 0 radical (unpaired) electrons. The summed E-state index contributed by atoms with van der Waals surface area (Å²) in [6.07, 6.45) is 11.1. The number of nitrogens with one attached hydrogen (secondary N) is 1. The normalized spacial score (nSPS) is 60.7. The number of hydrogen-bond donors (Lipinski definition) is 3. The standard InChI is InChI=1S/C27H43NO3/c1-15-11-23(30)27(28-14-15)16(2)24-22(31-27)13-21-19-6-5-17-12-18(29)7-9-25(17,3)20(19)8-10-26(21,24)4/h5,15-16,18-24,28-30H,6-14H2,1-4H3/t15-,16-,18-,19+,20-,21-,22-,23-,24-,25-,26-,27-/m0/s1. The summed E-state index contributed by atoms with van der Waals surface area (Å²) in [5, 5.41) is 25.0. The van der Waals surface area contributed by atoms with E-state index < -0.39 is 11.8 Å². The Bertz CT molecular complexity index is 782. The fourth-order valence-corrected chi connectivity index (χ4v) is 9.98. The zero-order valence-electron chi connectivity index (χ0n) is 19.9. The van der Waals surface area contributed by atoms with Crippen molar-refractivity contribution in [3.05, 3.63) is 11.6 Å². The molecule has 4 nitrogen and oxygen atoms in total. The highest BCUT2D eigenvalue weighted by Crippen LogP contribution is 2.70. The monoisotopic (exact) mass is 429 g/mol. The average Bonchev–Trinajstić information content (AvgIpc) is 3.17. The fourth-order valence-electron chi connectivity index (χ4n) is 9.98. The van der Waals surface area contributed by atoms with Gasteiger partial charge in [0.15, 0.2) is 0 Å². The van der Waals surface area contributed by atoms with Crippen LogP contribution < -0.4 is 5.32 Å². The van der Waals surface area contributed by atoms with E-state index >= 15 is 0 Å². The summed E-state index contributed by atoms with van der Waals surface area (Å²) in [5.74, 6) is 3.64. The third-order valence-corrected chi connectivity index (χ3v) is 11.6. The van der Waals surface area contributed by atoms with E-state index in [0.717, 1.165) is 50.0 Å². The predicted molar refractivity (Wildman–Crippen MR) is 121 cm³/mol. The Kier molecular flexibility index (Phi) is 4.64. The van der Waals surface area contributed by atoms with Gasteiger partial charge in [-0.1, -0.05) is 39.3 Å². The lowest BCUT2D eigenvalue weighted by Crippen LogP contribution is -2.64. The third-order valence-electron chi connectivity index (χ3n) is 11.6. The molecule has 5 fully saturated rings. The molecule has 2 heterocycles. The van der Waals surface area contributed by atoms with Crippen LogP contribution in [0.5, 0.6) is 0 Å². The summed E-state index contributed by atoms with van der Waals surface area (Å²) in [6, 6.07) is 0. The number of piperidine rings is 1. The summed E-state index contributed by atoms with van der Waals surface area (Å²) in [4.78, 5) is 0. The van der Waals surface area contributed by atoms with Crippen LogP contribution in [-0.4, -0.2) is 40.8 Å². The Balaban J connectivity index is 1.29. The van der Waals surface area contributed by atoms with E-state index in [2.05, 4.69) is 39.1 Å². The number of aliphatic hydroxyl groups excluding tert-OH is 2. The lowest BCUT2D eigenvalue weighted by molar-refractivity contribution is -0.177. The van der Waals surface area contributed by atoms with Crippen LogP contribution in [0.25, 0.3) is 0 Å². The van der Waals surface area contributed by atoms with Gasteiger partial charge >= 0.3 is 0 Å². The second-order valence-electron chi connectivity index (χ2n) is 12.9. The second-order valence-corrected chi connectivity index (χ2v) is 12.9. The molecule has 3 N–H and O–H groups in total. The first-order valence-electron chi connectivity index (χ1n) is 13.2. The molecule has 0 aromatic rings. The molecule has 31 heavy (non-hydrogen) atoms. The van der Waals surface area contributed by atoms with Gasteiger partial charge in [0.05, 0.1) is 18.3 Å². The van der Waals surface area contributed by atoms with Gasteiger partial charge in [-0.25, -0.2) is 0 Å². The minimum Gasteiger partial charge on any atom is -0.393 e. The zero-order valence-corrected chi connectivity index (χ0v) is 19.9. The Morgan fingerprint density at radius 1 is 1.06 bits per heavy atom. The molecule has 0 amide bonds. The first-order valence-corrected chi connectivity index (χ1v) is 13.2. The van der Waals surface area contributed by atoms with Gasteiger partial charge in [0.25, 0.3) is 0 Å². The van der Waals surface area contributed by atoms with Crippen LogP contribution in [0, 0.1) is 46.3 Å². The summed E-state index contributed by atoms with van der Waals surface area (Å²) in [7, 11) is 0. The van der Waals surface area contributed by atoms with E-state index in [1.54, 1.807) is 5.57 Å². The molecule has 0 aromatic carbocycles. The molecular formula is C27H43NO3. The SMILES string of the molecule is C[C@@H]1CN[C@@]2(O[C@H]3C[C@H]4[C@@H]5CC=C6C[C@@H](O)CC[C@]6(C)[C@H]5CC[C@]4(C)[C@H]3[C@@H]2C)[C@@H](O)C1. The Morgan fingerprint density at radius 2 is 1.87 bits per heavy atom. The number of rotatable bonds is 0. The number of hydrogen-bond acceptors (Lipinski definition) is 4. The Labute approximate surface area is 188 Å². The molecule has 6 aliphatic rings. The van der Waals surface area contributed by atoms with Gasteiger partial charge in [0, 0.05) is 12.5 Å². The van der Waals surface area contributed by atoms with Gasteiger partial charge in [-0.15, -0.1) is 0 Å². The minimum atomic E-state index is -0.530. The van der Waals surface area contributed by atoms with Crippen molar-refractivity contribution in [1.29, 1.82) is 0 Å². The van der Waals surface area contributed by atoms with Crippen molar-refractivity contribution in [2.45, 2.75) is 103 Å². The molecule has 3 saturated carbocycles. The molecule has 6 rings (SSSR count). The number of fused-ring (bicyclic) bond motifs is 7. The summed E-state index contributed by atoms with van der Waals surface area (Å²) in [5.41, 5.74) is 1.64. The average molecular weight is 430 g/mol. The van der Waals surface area contributed by atoms with E-state index in [4.69, 9.17) is 4.74 Å². The minimum absolute atomic E-state index is 0.127. The van der Waals surface area contributed by atoms with Crippen LogP contribution in [0.3, 0.4) is 0 Å². The van der Waals surface area contributed by atoms with Crippen LogP contribution in [-0.2, 0) is 4.74 Å². The fraction of sp³-hybridized carbons (Fsp3) is 0.926. The highest BCUT2D eigenvalue weighted by molar-refractivity contribution is 5.26. The van der Waals surface area contributed by atoms with Crippen molar-refractivity contribution >= 4 is 0 Å². The largest absolute Gasteiger partial charge is 0.393 e. The zero-order chi connectivity index (χ0) is 21.8. The quantitative estimate of drug-likeness (QED) is 0.504. The molecular weight excluding hydrogens is 386 g/mol. The van der Waals surface area contributed by atoms with E-state index in [9.17, 15) is 10.2 Å². The summed E-state index contributed by atoms with van der Waals surface area (Å²) < 4.78 is 6.86. The summed E-state index contributed by atoms with van der Waals surface area (Å²) in [6.45, 7) is 10.6. The lowest BCUT2D eigenvalue weighted by Gasteiger charge is -2.58. The van der Waals surface area contributed by atoms with Gasteiger partial charge in [0.2, 0.25) is 0 Å². The molecule has 0 bridgehead atoms. The van der Waals surface area contributed by atoms with Crippen molar-refractivity contribution in [3.63, 3.8) is 0 Å². The topological polar surface area (TPSA) is 61.7 Å². The van der Waals surface area contributed by atoms with Gasteiger partial charge < -0.3 is 14.9 Å². The van der Waals surface area contributed by atoms with Crippen LogP contribution >= 0.6 is 0 Å². The van der Waals surface area contributed by atoms with Crippen LogP contribution in [0.1, 0.15) is 79.1 Å². The molecule has 1 spiro atoms. The van der Waals surface area contributed by atoms with Gasteiger partial charge in [-0.3, -0.25) is 5.32 Å². The van der Waals surface area contributed by atoms with E-state index in [-0.39, 0.29) is 12.2 Å². The van der Waals surface area contributed by atoms with Crippen molar-refractivity contribution < 1.29 is 14.9 Å². The van der Waals surface area contributed by atoms with E-state index in [1.807, 2.05) is 0 Å². The van der Waals surface area contributed by atoms with Crippen molar-refractivity contribution in [1.82, 2.24) is 5.32 Å². The number of allylic oxidation sites excluding steroid dienone is 1. The molecule has 174 valence electrons. The highest BCUT2D eigenvalue weighted by atomic mass is 16.5. The van der Waals surface area contributed by atoms with E-state index in [1.165, 1.54) is 25.7 Å². The smallest absolute Gasteiger partial charge is 0.148 e. The molecule has 2 aliphatic heterocycles. The number of ether oxygens (including phenoxy) is 1. The van der Waals surface area contributed by atoms with Crippen molar-refractivity contribution in [3.8, 4) is 0 Å². The maximum absolute atomic E-state index is 11.1. The maximum Gasteiger partial charge on any atom is 0.148 e. The van der Waals surface area contributed by atoms with Gasteiger partial charge in [0.1, 0.15) is 5.72 Å².